The molecule has 0 aromatic heterocycles. The highest BCUT2D eigenvalue weighted by Gasteiger charge is 2.44. The molecule has 0 N–H and O–H groups in total. The van der Waals surface area contributed by atoms with Crippen molar-refractivity contribution in [2.75, 3.05) is 13.2 Å². The zero-order chi connectivity index (χ0) is 19.8. The maximum Gasteiger partial charge on any atom is 0.410 e. The van der Waals surface area contributed by atoms with Crippen LogP contribution in [-0.2, 0) is 20.9 Å². The summed E-state index contributed by atoms with van der Waals surface area (Å²) in [6.45, 7) is 3.47. The Morgan fingerprint density at radius 3 is 2.39 bits per heavy atom. The van der Waals surface area contributed by atoms with E-state index in [1.165, 1.54) is 19.3 Å². The van der Waals surface area contributed by atoms with E-state index in [4.69, 9.17) is 9.47 Å². The van der Waals surface area contributed by atoms with Gasteiger partial charge in [0.1, 0.15) is 12.4 Å². The molecule has 2 bridgehead atoms. The molecule has 2 fully saturated rings. The van der Waals surface area contributed by atoms with Crippen LogP contribution in [0.2, 0.25) is 0 Å². The molecule has 0 radical (unpaired) electrons. The summed E-state index contributed by atoms with van der Waals surface area (Å²) in [4.78, 5) is 27.2. The number of ether oxygens (including phenoxy) is 2. The fourth-order valence-electron chi connectivity index (χ4n) is 4.38. The number of fused-ring (bicyclic) bond motifs is 2. The van der Waals surface area contributed by atoms with Crippen molar-refractivity contribution >= 4 is 11.9 Å². The van der Waals surface area contributed by atoms with Gasteiger partial charge in [0.05, 0.1) is 25.3 Å². The summed E-state index contributed by atoms with van der Waals surface area (Å²) in [6.07, 6.45) is 7.60. The standard InChI is InChI=1S/C23H33NO4/c1-2-3-4-5-9-12-22(25)19-13-20-16-27-17-21(14-19)24(20)23(26)28-15-18-10-7-6-8-11-18/h6-8,10-11,19-21H,2-5,9,12-17H2,1H3. The molecule has 1 aromatic rings. The minimum absolute atomic E-state index is 0.0511. The van der Waals surface area contributed by atoms with Gasteiger partial charge in [-0.25, -0.2) is 4.79 Å². The third-order valence-corrected chi connectivity index (χ3v) is 5.92. The molecule has 1 aromatic carbocycles. The number of amides is 1. The van der Waals surface area contributed by atoms with Gasteiger partial charge in [-0.05, 0) is 24.8 Å². The predicted octanol–water partition coefficient (Wildman–Crippen LogP) is 4.73. The summed E-state index contributed by atoms with van der Waals surface area (Å²) < 4.78 is 11.2. The smallest absolute Gasteiger partial charge is 0.410 e. The van der Waals surface area contributed by atoms with Crippen molar-refractivity contribution in [2.24, 2.45) is 5.92 Å². The zero-order valence-corrected chi connectivity index (χ0v) is 17.0. The van der Waals surface area contributed by atoms with Gasteiger partial charge in [0.2, 0.25) is 0 Å². The number of carbonyl (C=O) groups excluding carboxylic acids is 2. The number of Topliss-reactive ketones (excluding diaryl/α,β-unsaturated/α-hetero) is 1. The van der Waals surface area contributed by atoms with E-state index in [0.29, 0.717) is 38.3 Å². The molecule has 2 aliphatic rings. The van der Waals surface area contributed by atoms with Gasteiger partial charge in [0, 0.05) is 12.3 Å². The summed E-state index contributed by atoms with van der Waals surface area (Å²) in [5.74, 6) is 0.425. The Labute approximate surface area is 168 Å². The first kappa shape index (κ1) is 20.8. The van der Waals surface area contributed by atoms with Crippen molar-refractivity contribution in [3.05, 3.63) is 35.9 Å². The maximum atomic E-state index is 12.7. The normalized spacial score (nSPS) is 24.0. The lowest BCUT2D eigenvalue weighted by molar-refractivity contribution is -0.131. The second-order valence-electron chi connectivity index (χ2n) is 8.09. The van der Waals surface area contributed by atoms with E-state index in [0.717, 1.165) is 18.4 Å². The van der Waals surface area contributed by atoms with Crippen LogP contribution in [0.25, 0.3) is 0 Å². The van der Waals surface area contributed by atoms with E-state index < -0.39 is 0 Å². The van der Waals surface area contributed by atoms with Gasteiger partial charge in [0.25, 0.3) is 0 Å². The van der Waals surface area contributed by atoms with Crippen LogP contribution in [0.3, 0.4) is 0 Å². The summed E-state index contributed by atoms with van der Waals surface area (Å²) in [7, 11) is 0. The molecule has 2 atom stereocenters. The molecular formula is C23H33NO4. The summed E-state index contributed by atoms with van der Waals surface area (Å²) >= 11 is 0. The lowest BCUT2D eigenvalue weighted by Gasteiger charge is -2.47. The summed E-state index contributed by atoms with van der Waals surface area (Å²) in [5, 5.41) is 0. The third kappa shape index (κ3) is 5.57. The summed E-state index contributed by atoms with van der Waals surface area (Å²) in [5.41, 5.74) is 0.977. The predicted molar refractivity (Wildman–Crippen MR) is 108 cm³/mol. The Bertz CT molecular complexity index is 619. The first-order valence-corrected chi connectivity index (χ1v) is 10.8. The van der Waals surface area contributed by atoms with E-state index in [1.54, 1.807) is 0 Å². The van der Waals surface area contributed by atoms with E-state index in [-0.39, 0.29) is 30.7 Å². The first-order chi connectivity index (χ1) is 13.7. The average Bonchev–Trinajstić information content (AvgIpc) is 2.71. The topological polar surface area (TPSA) is 55.8 Å². The van der Waals surface area contributed by atoms with Crippen molar-refractivity contribution in [3.63, 3.8) is 0 Å². The van der Waals surface area contributed by atoms with Crippen LogP contribution >= 0.6 is 0 Å². The number of unbranched alkanes of at least 4 members (excludes halogenated alkanes) is 4. The molecule has 0 saturated carbocycles. The van der Waals surface area contributed by atoms with Crippen LogP contribution in [0.1, 0.15) is 63.9 Å². The molecule has 0 aliphatic carbocycles. The molecule has 154 valence electrons. The lowest BCUT2D eigenvalue weighted by atomic mass is 9.81. The molecule has 3 rings (SSSR count). The monoisotopic (exact) mass is 387 g/mol. The number of benzene rings is 1. The number of hydrogen-bond acceptors (Lipinski definition) is 4. The number of ketones is 1. The van der Waals surface area contributed by atoms with Crippen molar-refractivity contribution < 1.29 is 19.1 Å². The molecule has 2 heterocycles. The number of carbonyl (C=O) groups is 2. The maximum absolute atomic E-state index is 12.7. The second kappa shape index (κ2) is 10.6. The van der Waals surface area contributed by atoms with E-state index >= 15 is 0 Å². The fourth-order valence-corrected chi connectivity index (χ4v) is 4.38. The van der Waals surface area contributed by atoms with E-state index in [2.05, 4.69) is 6.92 Å². The molecule has 2 saturated heterocycles. The first-order valence-electron chi connectivity index (χ1n) is 10.8. The average molecular weight is 388 g/mol. The molecule has 1 amide bonds. The SMILES string of the molecule is CCCCCCCC(=O)C1CC2COCC(C1)N2C(=O)OCc1ccccc1. The number of hydrogen-bond donors (Lipinski definition) is 0. The minimum Gasteiger partial charge on any atom is -0.445 e. The van der Waals surface area contributed by atoms with Crippen LogP contribution < -0.4 is 0 Å². The Morgan fingerprint density at radius 1 is 1.04 bits per heavy atom. The van der Waals surface area contributed by atoms with Crippen LogP contribution in [0, 0.1) is 5.92 Å². The van der Waals surface area contributed by atoms with Crippen LogP contribution in [0.5, 0.6) is 0 Å². The molecule has 5 nitrogen and oxygen atoms in total. The number of morpholine rings is 1. The third-order valence-electron chi connectivity index (χ3n) is 5.92. The Kier molecular flexibility index (Phi) is 7.90. The fraction of sp³-hybridized carbons (Fsp3) is 0.652. The van der Waals surface area contributed by atoms with Gasteiger partial charge in [-0.15, -0.1) is 0 Å². The molecule has 28 heavy (non-hydrogen) atoms. The molecule has 2 aliphatic heterocycles. The van der Waals surface area contributed by atoms with Crippen molar-refractivity contribution in [1.82, 2.24) is 4.90 Å². The van der Waals surface area contributed by atoms with Gasteiger partial charge in [-0.3, -0.25) is 9.69 Å². The second-order valence-corrected chi connectivity index (χ2v) is 8.09. The van der Waals surface area contributed by atoms with Crippen molar-refractivity contribution in [2.45, 2.75) is 77.0 Å². The zero-order valence-electron chi connectivity index (χ0n) is 17.0. The molecule has 5 heteroatoms. The Hall–Kier alpha value is -1.88. The highest BCUT2D eigenvalue weighted by Crippen LogP contribution is 2.33. The number of nitrogens with zero attached hydrogens (tertiary/aromatic N) is 1. The molecule has 0 spiro atoms. The Balaban J connectivity index is 1.49. The minimum atomic E-state index is -0.285. The van der Waals surface area contributed by atoms with Gasteiger partial charge < -0.3 is 9.47 Å². The van der Waals surface area contributed by atoms with Crippen LogP contribution in [0.4, 0.5) is 4.79 Å². The number of piperidine rings is 1. The van der Waals surface area contributed by atoms with Crippen molar-refractivity contribution in [3.8, 4) is 0 Å². The quantitative estimate of drug-likeness (QED) is 0.575. The highest BCUT2D eigenvalue weighted by molar-refractivity contribution is 5.81. The highest BCUT2D eigenvalue weighted by atomic mass is 16.6. The van der Waals surface area contributed by atoms with Crippen LogP contribution in [-0.4, -0.2) is 42.1 Å². The van der Waals surface area contributed by atoms with Gasteiger partial charge in [-0.2, -0.15) is 0 Å². The Morgan fingerprint density at radius 2 is 1.71 bits per heavy atom. The lowest BCUT2D eigenvalue weighted by Crippen LogP contribution is -2.59. The molecular weight excluding hydrogens is 354 g/mol. The molecule has 2 unspecified atom stereocenters. The van der Waals surface area contributed by atoms with E-state index in [9.17, 15) is 9.59 Å². The van der Waals surface area contributed by atoms with Crippen LogP contribution in [0.15, 0.2) is 30.3 Å². The van der Waals surface area contributed by atoms with Gasteiger partial charge in [0.15, 0.2) is 0 Å². The summed E-state index contributed by atoms with van der Waals surface area (Å²) in [6, 6.07) is 9.61. The van der Waals surface area contributed by atoms with E-state index in [1.807, 2.05) is 35.2 Å². The van der Waals surface area contributed by atoms with Crippen molar-refractivity contribution in [1.29, 1.82) is 0 Å². The van der Waals surface area contributed by atoms with Gasteiger partial charge >= 0.3 is 6.09 Å². The number of rotatable bonds is 9. The van der Waals surface area contributed by atoms with Gasteiger partial charge in [-0.1, -0.05) is 62.9 Å². The largest absolute Gasteiger partial charge is 0.445 e.